The van der Waals surface area contributed by atoms with E-state index >= 15 is 0 Å². The van der Waals surface area contributed by atoms with E-state index in [2.05, 4.69) is 17.6 Å². The zero-order chi connectivity index (χ0) is 15.2. The molecule has 0 radical (unpaired) electrons. The van der Waals surface area contributed by atoms with Gasteiger partial charge in [-0.05, 0) is 42.9 Å². The molecule has 5 heteroatoms. The first-order valence-electron chi connectivity index (χ1n) is 7.49. The molecule has 0 unspecified atom stereocenters. The zero-order valence-corrected chi connectivity index (χ0v) is 12.4. The second kappa shape index (κ2) is 7.11. The van der Waals surface area contributed by atoms with Crippen LogP contribution in [0.15, 0.2) is 24.3 Å². The molecule has 2 atom stereocenters. The summed E-state index contributed by atoms with van der Waals surface area (Å²) in [6.45, 7) is 2.71. The maximum Gasteiger partial charge on any atom is 0.315 e. The standard InChI is InChI=1S/C16H23N3O2/c1-11-4-2-7-14(11)19-16(21)18-9-8-12-5-3-6-13(10-12)15(17)20/h3,5-6,10-11,14H,2,4,7-9H2,1H3,(H2,17,20)(H2,18,19,21)/t11-,14-/m0/s1. The van der Waals surface area contributed by atoms with E-state index in [0.717, 1.165) is 12.0 Å². The Kier molecular flexibility index (Phi) is 5.20. The maximum absolute atomic E-state index is 11.8. The molecule has 3 amide bonds. The molecule has 0 aromatic heterocycles. The number of primary amides is 1. The normalized spacial score (nSPS) is 21.0. The molecular weight excluding hydrogens is 266 g/mol. The Balaban J connectivity index is 1.75. The summed E-state index contributed by atoms with van der Waals surface area (Å²) < 4.78 is 0. The molecule has 1 aromatic rings. The molecule has 4 N–H and O–H groups in total. The van der Waals surface area contributed by atoms with Crippen molar-refractivity contribution in [2.75, 3.05) is 6.54 Å². The van der Waals surface area contributed by atoms with Gasteiger partial charge in [-0.2, -0.15) is 0 Å². The summed E-state index contributed by atoms with van der Waals surface area (Å²) in [6.07, 6.45) is 4.11. The Hall–Kier alpha value is -2.04. The molecule has 2 rings (SSSR count). The SMILES string of the molecule is C[C@H]1CCC[C@@H]1NC(=O)NCCc1cccc(C(N)=O)c1. The molecule has 0 saturated heterocycles. The van der Waals surface area contributed by atoms with Crippen molar-refractivity contribution in [1.29, 1.82) is 0 Å². The van der Waals surface area contributed by atoms with Gasteiger partial charge < -0.3 is 16.4 Å². The van der Waals surface area contributed by atoms with Gasteiger partial charge in [0.05, 0.1) is 0 Å². The zero-order valence-electron chi connectivity index (χ0n) is 12.4. The minimum Gasteiger partial charge on any atom is -0.366 e. The Labute approximate surface area is 125 Å². The first kappa shape index (κ1) is 15.4. The molecule has 114 valence electrons. The van der Waals surface area contributed by atoms with Crippen LogP contribution < -0.4 is 16.4 Å². The number of amides is 3. The number of nitrogens with two attached hydrogens (primary N) is 1. The average Bonchev–Trinajstić information content (AvgIpc) is 2.84. The molecule has 0 heterocycles. The van der Waals surface area contributed by atoms with Crippen LogP contribution in [0.3, 0.4) is 0 Å². The second-order valence-corrected chi connectivity index (χ2v) is 5.73. The smallest absolute Gasteiger partial charge is 0.315 e. The monoisotopic (exact) mass is 289 g/mol. The molecule has 1 fully saturated rings. The number of hydrogen-bond donors (Lipinski definition) is 3. The lowest BCUT2D eigenvalue weighted by Crippen LogP contribution is -2.43. The number of carbonyl (C=O) groups is 2. The highest BCUT2D eigenvalue weighted by Crippen LogP contribution is 2.24. The lowest BCUT2D eigenvalue weighted by molar-refractivity contribution is 0.1000. The number of nitrogens with one attached hydrogen (secondary N) is 2. The number of hydrogen-bond acceptors (Lipinski definition) is 2. The predicted octanol–water partition coefficient (Wildman–Crippen LogP) is 1.82. The van der Waals surface area contributed by atoms with Gasteiger partial charge in [-0.1, -0.05) is 25.5 Å². The van der Waals surface area contributed by atoms with E-state index in [9.17, 15) is 9.59 Å². The molecule has 0 aliphatic heterocycles. The van der Waals surface area contributed by atoms with Crippen LogP contribution >= 0.6 is 0 Å². The number of benzene rings is 1. The fourth-order valence-electron chi connectivity index (χ4n) is 2.78. The summed E-state index contributed by atoms with van der Waals surface area (Å²) in [5.41, 5.74) is 6.73. The Morgan fingerprint density at radius 1 is 1.33 bits per heavy atom. The number of rotatable bonds is 5. The maximum atomic E-state index is 11.8. The third-order valence-electron chi connectivity index (χ3n) is 4.09. The van der Waals surface area contributed by atoms with Gasteiger partial charge in [0.15, 0.2) is 0 Å². The van der Waals surface area contributed by atoms with Gasteiger partial charge in [-0.15, -0.1) is 0 Å². The van der Waals surface area contributed by atoms with Crippen molar-refractivity contribution in [2.45, 2.75) is 38.6 Å². The molecule has 0 bridgehead atoms. The van der Waals surface area contributed by atoms with E-state index in [1.807, 2.05) is 6.07 Å². The fraction of sp³-hybridized carbons (Fsp3) is 0.500. The van der Waals surface area contributed by atoms with Crippen LogP contribution in [-0.4, -0.2) is 24.5 Å². The summed E-state index contributed by atoms with van der Waals surface area (Å²) in [6, 6.07) is 7.36. The Morgan fingerprint density at radius 3 is 2.81 bits per heavy atom. The average molecular weight is 289 g/mol. The minimum absolute atomic E-state index is 0.111. The van der Waals surface area contributed by atoms with Crippen molar-refractivity contribution in [1.82, 2.24) is 10.6 Å². The van der Waals surface area contributed by atoms with Crippen LogP contribution in [0, 0.1) is 5.92 Å². The summed E-state index contributed by atoms with van der Waals surface area (Å²) in [7, 11) is 0. The highest BCUT2D eigenvalue weighted by atomic mass is 16.2. The highest BCUT2D eigenvalue weighted by molar-refractivity contribution is 5.92. The van der Waals surface area contributed by atoms with Gasteiger partial charge in [0, 0.05) is 18.2 Å². The molecule has 0 spiro atoms. The summed E-state index contributed by atoms with van der Waals surface area (Å²) in [5.74, 6) is 0.126. The van der Waals surface area contributed by atoms with E-state index in [0.29, 0.717) is 30.5 Å². The van der Waals surface area contributed by atoms with Crippen LogP contribution in [0.4, 0.5) is 4.79 Å². The highest BCUT2D eigenvalue weighted by Gasteiger charge is 2.24. The van der Waals surface area contributed by atoms with E-state index in [-0.39, 0.29) is 6.03 Å². The van der Waals surface area contributed by atoms with Crippen LogP contribution in [0.25, 0.3) is 0 Å². The quantitative estimate of drug-likeness (QED) is 0.772. The van der Waals surface area contributed by atoms with Gasteiger partial charge in [-0.3, -0.25) is 4.79 Å². The van der Waals surface area contributed by atoms with Crippen molar-refractivity contribution in [3.8, 4) is 0 Å². The fourth-order valence-corrected chi connectivity index (χ4v) is 2.78. The molecule has 5 nitrogen and oxygen atoms in total. The summed E-state index contributed by atoms with van der Waals surface area (Å²) in [5, 5.41) is 5.88. The van der Waals surface area contributed by atoms with Gasteiger partial charge in [0.1, 0.15) is 0 Å². The van der Waals surface area contributed by atoms with Crippen molar-refractivity contribution in [3.63, 3.8) is 0 Å². The van der Waals surface area contributed by atoms with E-state index in [1.54, 1.807) is 18.2 Å². The number of carbonyl (C=O) groups excluding carboxylic acids is 2. The lowest BCUT2D eigenvalue weighted by Gasteiger charge is -2.17. The topological polar surface area (TPSA) is 84.2 Å². The largest absolute Gasteiger partial charge is 0.366 e. The lowest BCUT2D eigenvalue weighted by atomic mass is 10.1. The van der Waals surface area contributed by atoms with Gasteiger partial charge in [0.25, 0.3) is 0 Å². The van der Waals surface area contributed by atoms with Crippen molar-refractivity contribution >= 4 is 11.9 Å². The predicted molar refractivity (Wildman–Crippen MR) is 82.0 cm³/mol. The summed E-state index contributed by atoms with van der Waals surface area (Å²) >= 11 is 0. The van der Waals surface area contributed by atoms with Crippen molar-refractivity contribution < 1.29 is 9.59 Å². The van der Waals surface area contributed by atoms with Crippen LogP contribution in [0.2, 0.25) is 0 Å². The third kappa shape index (κ3) is 4.48. The Morgan fingerprint density at radius 2 is 2.14 bits per heavy atom. The van der Waals surface area contributed by atoms with Crippen molar-refractivity contribution in [3.05, 3.63) is 35.4 Å². The number of urea groups is 1. The first-order chi connectivity index (χ1) is 10.1. The first-order valence-corrected chi connectivity index (χ1v) is 7.49. The molecule has 1 aliphatic rings. The third-order valence-corrected chi connectivity index (χ3v) is 4.09. The molecule has 1 aliphatic carbocycles. The van der Waals surface area contributed by atoms with E-state index in [1.165, 1.54) is 12.8 Å². The van der Waals surface area contributed by atoms with Gasteiger partial charge >= 0.3 is 6.03 Å². The minimum atomic E-state index is -0.433. The second-order valence-electron chi connectivity index (χ2n) is 5.73. The van der Waals surface area contributed by atoms with Crippen molar-refractivity contribution in [2.24, 2.45) is 11.7 Å². The molecule has 21 heavy (non-hydrogen) atoms. The molecule has 1 aromatic carbocycles. The van der Waals surface area contributed by atoms with Crippen LogP contribution in [0.5, 0.6) is 0 Å². The summed E-state index contributed by atoms with van der Waals surface area (Å²) in [4.78, 5) is 22.9. The van der Waals surface area contributed by atoms with E-state index in [4.69, 9.17) is 5.73 Å². The molecule has 1 saturated carbocycles. The Bertz CT molecular complexity index is 516. The van der Waals surface area contributed by atoms with E-state index < -0.39 is 5.91 Å². The van der Waals surface area contributed by atoms with Crippen LogP contribution in [-0.2, 0) is 6.42 Å². The van der Waals surface area contributed by atoms with Gasteiger partial charge in [0.2, 0.25) is 5.91 Å². The molecular formula is C16H23N3O2. The van der Waals surface area contributed by atoms with Crippen LogP contribution in [0.1, 0.15) is 42.1 Å². The van der Waals surface area contributed by atoms with Gasteiger partial charge in [-0.25, -0.2) is 4.79 Å².